The summed E-state index contributed by atoms with van der Waals surface area (Å²) in [5.41, 5.74) is 2.97. The number of amides is 1. The van der Waals surface area contributed by atoms with Crippen LogP contribution in [-0.2, 0) is 6.54 Å². The van der Waals surface area contributed by atoms with Crippen LogP contribution in [0.2, 0.25) is 0 Å². The maximum absolute atomic E-state index is 12.6. The first kappa shape index (κ1) is 18.5. The van der Waals surface area contributed by atoms with E-state index in [0.717, 1.165) is 23.5 Å². The van der Waals surface area contributed by atoms with Gasteiger partial charge in [0.1, 0.15) is 11.4 Å². The highest BCUT2D eigenvalue weighted by atomic mass is 16.2. The first-order valence-corrected chi connectivity index (χ1v) is 8.76. The summed E-state index contributed by atoms with van der Waals surface area (Å²) in [5, 5.41) is 7.34. The molecular weight excluding hydrogens is 344 g/mol. The summed E-state index contributed by atoms with van der Waals surface area (Å²) >= 11 is 0. The fourth-order valence-corrected chi connectivity index (χ4v) is 3.20. The van der Waals surface area contributed by atoms with Crippen LogP contribution in [0.3, 0.4) is 0 Å². The average molecular weight is 366 g/mol. The fourth-order valence-electron chi connectivity index (χ4n) is 3.20. The van der Waals surface area contributed by atoms with Crippen LogP contribution in [-0.4, -0.2) is 30.6 Å². The van der Waals surface area contributed by atoms with Crippen LogP contribution in [0.1, 0.15) is 47.2 Å². The smallest absolute Gasteiger partial charge is 0.264 e. The lowest BCUT2D eigenvalue weighted by Crippen LogP contribution is -2.32. The van der Waals surface area contributed by atoms with Crippen molar-refractivity contribution >= 4 is 5.91 Å². The third kappa shape index (κ3) is 3.64. The number of aromatic nitrogens is 5. The molecule has 0 saturated heterocycles. The second-order valence-corrected chi connectivity index (χ2v) is 6.31. The van der Waals surface area contributed by atoms with Gasteiger partial charge < -0.3 is 10.3 Å². The maximum atomic E-state index is 12.6. The average Bonchev–Trinajstić information content (AvgIpc) is 2.95. The topological polar surface area (TPSA) is 106 Å². The fraction of sp³-hybridized carbons (Fsp3) is 0.316. The molecule has 3 aromatic rings. The molecule has 27 heavy (non-hydrogen) atoms. The van der Waals surface area contributed by atoms with Crippen molar-refractivity contribution in [1.29, 1.82) is 0 Å². The summed E-state index contributed by atoms with van der Waals surface area (Å²) in [6, 6.07) is 3.25. The third-order valence-electron chi connectivity index (χ3n) is 4.50. The molecule has 3 rings (SSSR count). The molecule has 0 aliphatic rings. The largest absolute Gasteiger partial charge is 0.345 e. The number of H-pyrrole nitrogens is 1. The molecule has 0 aliphatic carbocycles. The van der Waals surface area contributed by atoms with E-state index >= 15 is 0 Å². The minimum absolute atomic E-state index is 0.0346. The number of hydrogen-bond donors (Lipinski definition) is 2. The van der Waals surface area contributed by atoms with Gasteiger partial charge in [0.2, 0.25) is 0 Å². The first-order chi connectivity index (χ1) is 12.9. The van der Waals surface area contributed by atoms with Crippen molar-refractivity contribution in [3.63, 3.8) is 0 Å². The monoisotopic (exact) mass is 366 g/mol. The Bertz CT molecular complexity index is 1020. The van der Waals surface area contributed by atoms with Gasteiger partial charge in [-0.15, -0.1) is 0 Å². The lowest BCUT2D eigenvalue weighted by Gasteiger charge is -2.15. The van der Waals surface area contributed by atoms with Crippen molar-refractivity contribution in [2.45, 2.75) is 40.3 Å². The van der Waals surface area contributed by atoms with Gasteiger partial charge in [0.15, 0.2) is 0 Å². The van der Waals surface area contributed by atoms with Crippen LogP contribution < -0.4 is 10.9 Å². The van der Waals surface area contributed by atoms with E-state index in [2.05, 4.69) is 25.4 Å². The van der Waals surface area contributed by atoms with Crippen LogP contribution >= 0.6 is 0 Å². The normalized spacial score (nSPS) is 12.0. The Balaban J connectivity index is 1.82. The molecule has 8 nitrogen and oxygen atoms in total. The Labute approximate surface area is 156 Å². The molecule has 8 heteroatoms. The van der Waals surface area contributed by atoms with Crippen LogP contribution in [0.5, 0.6) is 0 Å². The SMILES string of the molecule is CCn1nc(C)c([C@H](C)NC(=O)c2cnc(-c3cccnc3)[nH]c2=O)c1C. The zero-order valence-corrected chi connectivity index (χ0v) is 15.8. The Morgan fingerprint density at radius 1 is 1.33 bits per heavy atom. The van der Waals surface area contributed by atoms with Gasteiger partial charge in [-0.05, 0) is 39.8 Å². The van der Waals surface area contributed by atoms with Gasteiger partial charge in [-0.3, -0.25) is 19.3 Å². The Morgan fingerprint density at radius 2 is 2.11 bits per heavy atom. The molecule has 2 N–H and O–H groups in total. The summed E-state index contributed by atoms with van der Waals surface area (Å²) in [7, 11) is 0. The Kier molecular flexibility index (Phi) is 5.16. The van der Waals surface area contributed by atoms with Crippen molar-refractivity contribution in [2.75, 3.05) is 0 Å². The zero-order chi connectivity index (χ0) is 19.6. The van der Waals surface area contributed by atoms with Crippen molar-refractivity contribution in [1.82, 2.24) is 30.0 Å². The Morgan fingerprint density at radius 3 is 2.70 bits per heavy atom. The van der Waals surface area contributed by atoms with E-state index in [0.29, 0.717) is 11.4 Å². The minimum Gasteiger partial charge on any atom is -0.345 e. The molecular formula is C19H22N6O2. The van der Waals surface area contributed by atoms with Crippen LogP contribution in [0, 0.1) is 13.8 Å². The van der Waals surface area contributed by atoms with Crippen molar-refractivity contribution in [2.24, 2.45) is 0 Å². The highest BCUT2D eigenvalue weighted by Gasteiger charge is 2.21. The van der Waals surface area contributed by atoms with Gasteiger partial charge in [-0.25, -0.2) is 4.98 Å². The van der Waals surface area contributed by atoms with Gasteiger partial charge in [-0.1, -0.05) is 0 Å². The second kappa shape index (κ2) is 7.53. The standard InChI is InChI=1S/C19H22N6O2/c1-5-25-13(4)16(12(3)24-25)11(2)22-18(26)15-10-21-17(23-19(15)27)14-7-6-8-20-9-14/h6-11H,5H2,1-4H3,(H,22,26)(H,21,23,27)/t11-/m0/s1. The number of pyridine rings is 1. The molecule has 140 valence electrons. The number of carbonyl (C=O) groups excluding carboxylic acids is 1. The van der Waals surface area contributed by atoms with E-state index in [1.54, 1.807) is 24.5 Å². The molecule has 1 atom stereocenters. The predicted octanol–water partition coefficient (Wildman–Crippen LogP) is 2.16. The van der Waals surface area contributed by atoms with Crippen molar-refractivity contribution in [3.05, 3.63) is 63.6 Å². The summed E-state index contributed by atoms with van der Waals surface area (Å²) in [6.07, 6.45) is 4.52. The Hall–Kier alpha value is -3.29. The molecule has 3 heterocycles. The molecule has 0 unspecified atom stereocenters. The molecule has 0 saturated carbocycles. The molecule has 0 aromatic carbocycles. The van der Waals surface area contributed by atoms with Crippen LogP contribution in [0.15, 0.2) is 35.5 Å². The molecule has 0 aliphatic heterocycles. The van der Waals surface area contributed by atoms with Crippen LogP contribution in [0.25, 0.3) is 11.4 Å². The van der Waals surface area contributed by atoms with Crippen LogP contribution in [0.4, 0.5) is 0 Å². The quantitative estimate of drug-likeness (QED) is 0.720. The summed E-state index contributed by atoms with van der Waals surface area (Å²) in [4.78, 5) is 35.8. The maximum Gasteiger partial charge on any atom is 0.264 e. The van der Waals surface area contributed by atoms with Gasteiger partial charge in [0, 0.05) is 42.0 Å². The first-order valence-electron chi connectivity index (χ1n) is 8.76. The summed E-state index contributed by atoms with van der Waals surface area (Å²) < 4.78 is 1.89. The van der Waals surface area contributed by atoms with E-state index in [4.69, 9.17) is 0 Å². The highest BCUT2D eigenvalue weighted by Crippen LogP contribution is 2.21. The van der Waals surface area contributed by atoms with Crippen molar-refractivity contribution < 1.29 is 4.79 Å². The zero-order valence-electron chi connectivity index (χ0n) is 15.8. The van der Waals surface area contributed by atoms with Gasteiger partial charge >= 0.3 is 0 Å². The summed E-state index contributed by atoms with van der Waals surface area (Å²) in [6.45, 7) is 8.53. The molecule has 3 aromatic heterocycles. The molecule has 0 radical (unpaired) electrons. The number of rotatable bonds is 5. The number of hydrogen-bond acceptors (Lipinski definition) is 5. The lowest BCUT2D eigenvalue weighted by molar-refractivity contribution is 0.0938. The van der Waals surface area contributed by atoms with Crippen molar-refractivity contribution in [3.8, 4) is 11.4 Å². The minimum atomic E-state index is -0.494. The molecule has 1 amide bonds. The van der Waals surface area contributed by atoms with E-state index in [-0.39, 0.29) is 11.6 Å². The molecule has 0 fully saturated rings. The number of nitrogens with one attached hydrogen (secondary N) is 2. The predicted molar refractivity (Wildman–Crippen MR) is 101 cm³/mol. The van der Waals surface area contributed by atoms with Gasteiger partial charge in [0.25, 0.3) is 11.5 Å². The van der Waals surface area contributed by atoms with E-state index < -0.39 is 11.5 Å². The summed E-state index contributed by atoms with van der Waals surface area (Å²) in [5.74, 6) is -0.106. The van der Waals surface area contributed by atoms with E-state index in [1.807, 2.05) is 32.4 Å². The number of carbonyl (C=O) groups is 1. The lowest BCUT2D eigenvalue weighted by atomic mass is 10.1. The number of nitrogens with zero attached hydrogens (tertiary/aromatic N) is 4. The number of aryl methyl sites for hydroxylation is 2. The molecule has 0 bridgehead atoms. The number of aromatic amines is 1. The van der Waals surface area contributed by atoms with E-state index in [9.17, 15) is 9.59 Å². The van der Waals surface area contributed by atoms with Gasteiger partial charge in [0.05, 0.1) is 11.7 Å². The van der Waals surface area contributed by atoms with Gasteiger partial charge in [-0.2, -0.15) is 5.10 Å². The van der Waals surface area contributed by atoms with E-state index in [1.165, 1.54) is 6.20 Å². The molecule has 0 spiro atoms. The second-order valence-electron chi connectivity index (χ2n) is 6.31. The highest BCUT2D eigenvalue weighted by molar-refractivity contribution is 5.93. The third-order valence-corrected chi connectivity index (χ3v) is 4.50.